The highest BCUT2D eigenvalue weighted by Gasteiger charge is 2.36. The van der Waals surface area contributed by atoms with E-state index in [4.69, 9.17) is 10.5 Å². The van der Waals surface area contributed by atoms with Crippen molar-refractivity contribution >= 4 is 22.9 Å². The van der Waals surface area contributed by atoms with Gasteiger partial charge < -0.3 is 20.3 Å². The fourth-order valence-corrected chi connectivity index (χ4v) is 11.2. The summed E-state index contributed by atoms with van der Waals surface area (Å²) in [5.74, 6) is 2.67. The summed E-state index contributed by atoms with van der Waals surface area (Å²) in [6.07, 6.45) is 15.5. The Morgan fingerprint density at radius 3 is 1.56 bits per heavy atom. The van der Waals surface area contributed by atoms with Crippen molar-refractivity contribution in [1.82, 2.24) is 32.5 Å². The summed E-state index contributed by atoms with van der Waals surface area (Å²) >= 11 is 2.50. The van der Waals surface area contributed by atoms with E-state index in [1.807, 2.05) is 0 Å². The molecule has 50 heavy (non-hydrogen) atoms. The minimum Gasteiger partial charge on any atom is -0.375 e. The SMILES string of the molecule is CC1(C)CN(CC2CCC(OC3CCN(CCCN4CCN(CC5CCN(CC6CCN(I)CC6)CC5)CC4(C)C)CC3)CC2)CCN1CN. The molecule has 0 atom stereocenters. The number of nitrogens with two attached hydrogens (primary N) is 1. The molecule has 2 N–H and O–H groups in total. The van der Waals surface area contributed by atoms with E-state index in [1.54, 1.807) is 0 Å². The van der Waals surface area contributed by atoms with E-state index in [0.29, 0.717) is 18.9 Å². The molecule has 5 saturated heterocycles. The third kappa shape index (κ3) is 11.7. The summed E-state index contributed by atoms with van der Waals surface area (Å²) in [6.45, 7) is 31.6. The summed E-state index contributed by atoms with van der Waals surface area (Å²) in [5.41, 5.74) is 6.47. The molecule has 6 aliphatic rings. The van der Waals surface area contributed by atoms with Crippen LogP contribution < -0.4 is 5.73 Å². The first-order valence-electron chi connectivity index (χ1n) is 21.2. The second-order valence-corrected chi connectivity index (χ2v) is 20.2. The van der Waals surface area contributed by atoms with Crippen molar-refractivity contribution in [2.75, 3.05) is 118 Å². The maximum absolute atomic E-state index is 6.73. The van der Waals surface area contributed by atoms with Gasteiger partial charge in [0.1, 0.15) is 0 Å². The highest BCUT2D eigenvalue weighted by molar-refractivity contribution is 14.1. The molecule has 5 heterocycles. The lowest BCUT2D eigenvalue weighted by atomic mass is 9.86. The number of ether oxygens (including phenoxy) is 1. The van der Waals surface area contributed by atoms with Gasteiger partial charge in [0.15, 0.2) is 0 Å². The van der Waals surface area contributed by atoms with Gasteiger partial charge in [-0.2, -0.15) is 0 Å². The van der Waals surface area contributed by atoms with Crippen LogP contribution in [0.2, 0.25) is 0 Å². The van der Waals surface area contributed by atoms with Crippen molar-refractivity contribution in [2.45, 2.75) is 122 Å². The van der Waals surface area contributed by atoms with Crippen LogP contribution in [0.15, 0.2) is 0 Å². The minimum atomic E-state index is 0.192. The molecule has 0 aromatic rings. The van der Waals surface area contributed by atoms with Gasteiger partial charge in [0, 0.05) is 126 Å². The van der Waals surface area contributed by atoms with E-state index in [-0.39, 0.29) is 11.1 Å². The fraction of sp³-hybridized carbons (Fsp3) is 1.00. The Morgan fingerprint density at radius 1 is 0.520 bits per heavy atom. The molecule has 6 rings (SSSR count). The van der Waals surface area contributed by atoms with Crippen LogP contribution in [0.5, 0.6) is 0 Å². The van der Waals surface area contributed by atoms with Gasteiger partial charge in [-0.05, 0) is 142 Å². The Morgan fingerprint density at radius 2 is 1.00 bits per heavy atom. The zero-order chi connectivity index (χ0) is 35.1. The van der Waals surface area contributed by atoms with Crippen molar-refractivity contribution in [1.29, 1.82) is 0 Å². The summed E-state index contributed by atoms with van der Waals surface area (Å²) < 4.78 is 9.21. The Kier molecular flexibility index (Phi) is 15.1. The maximum Gasteiger partial charge on any atom is 0.0603 e. The normalized spacial score (nSPS) is 31.8. The molecule has 0 unspecified atom stereocenters. The van der Waals surface area contributed by atoms with Crippen LogP contribution in [0.1, 0.15) is 98.3 Å². The number of hydrogen-bond acceptors (Lipinski definition) is 9. The first-order chi connectivity index (χ1) is 24.0. The van der Waals surface area contributed by atoms with Gasteiger partial charge in [0.25, 0.3) is 0 Å². The molecule has 0 bridgehead atoms. The van der Waals surface area contributed by atoms with E-state index >= 15 is 0 Å². The zero-order valence-electron chi connectivity index (χ0n) is 32.9. The number of hydrogen-bond donors (Lipinski definition) is 1. The molecule has 5 aliphatic heterocycles. The summed E-state index contributed by atoms with van der Waals surface area (Å²) in [4.78, 5) is 16.3. The lowest BCUT2D eigenvalue weighted by Crippen LogP contribution is -2.61. The number of piperidine rings is 3. The second-order valence-electron chi connectivity index (χ2n) is 18.8. The van der Waals surface area contributed by atoms with Crippen LogP contribution in [-0.4, -0.2) is 174 Å². The molecule has 0 aromatic carbocycles. The summed E-state index contributed by atoms with van der Waals surface area (Å²) in [7, 11) is 0. The highest BCUT2D eigenvalue weighted by atomic mass is 127. The molecule has 0 spiro atoms. The summed E-state index contributed by atoms with van der Waals surface area (Å²) in [6, 6.07) is 0. The molecule has 290 valence electrons. The molecule has 10 heteroatoms. The van der Waals surface area contributed by atoms with Crippen LogP contribution in [0, 0.1) is 17.8 Å². The van der Waals surface area contributed by atoms with Crippen LogP contribution in [0.3, 0.4) is 0 Å². The van der Waals surface area contributed by atoms with Gasteiger partial charge in [-0.3, -0.25) is 19.6 Å². The van der Waals surface area contributed by atoms with Crippen molar-refractivity contribution in [2.24, 2.45) is 23.5 Å². The Balaban J connectivity index is 0.798. The van der Waals surface area contributed by atoms with E-state index in [0.717, 1.165) is 30.8 Å². The fourth-order valence-electron chi connectivity index (χ4n) is 10.7. The number of nitrogens with zero attached hydrogens (tertiary/aromatic N) is 7. The standard InChI is InChI=1S/C40H77IN8O/c1-39(2)31-45(30-35-10-18-44(19-11-35)28-36-12-22-49(41)23-13-36)24-26-47(39)17-5-16-43-20-14-38(15-21-43)50-37-8-6-34(7-9-37)29-46-25-27-48(33-42)40(3,4)32-46/h34-38H,5-33,42H2,1-4H3. The van der Waals surface area contributed by atoms with Gasteiger partial charge >= 0.3 is 0 Å². The number of rotatable bonds is 13. The quantitative estimate of drug-likeness (QED) is 0.207. The van der Waals surface area contributed by atoms with Gasteiger partial charge in [0.05, 0.1) is 12.2 Å². The third-order valence-corrected chi connectivity index (χ3v) is 14.9. The van der Waals surface area contributed by atoms with Crippen LogP contribution in [-0.2, 0) is 4.74 Å². The largest absolute Gasteiger partial charge is 0.375 e. The topological polar surface area (TPSA) is 57.9 Å². The predicted molar refractivity (Wildman–Crippen MR) is 217 cm³/mol. The molecular weight excluding hydrogens is 735 g/mol. The van der Waals surface area contributed by atoms with Gasteiger partial charge in [0.2, 0.25) is 0 Å². The van der Waals surface area contributed by atoms with Gasteiger partial charge in [-0.15, -0.1) is 0 Å². The average molecular weight is 813 g/mol. The van der Waals surface area contributed by atoms with E-state index in [1.165, 1.54) is 169 Å². The smallest absolute Gasteiger partial charge is 0.0603 e. The minimum absolute atomic E-state index is 0.192. The Bertz CT molecular complexity index is 986. The lowest BCUT2D eigenvalue weighted by molar-refractivity contribution is -0.0644. The molecule has 0 aromatic heterocycles. The van der Waals surface area contributed by atoms with Crippen LogP contribution in [0.25, 0.3) is 0 Å². The van der Waals surface area contributed by atoms with Crippen LogP contribution >= 0.6 is 22.9 Å². The average Bonchev–Trinajstić information content (AvgIpc) is 3.09. The van der Waals surface area contributed by atoms with E-state index in [9.17, 15) is 0 Å². The van der Waals surface area contributed by atoms with Crippen LogP contribution in [0.4, 0.5) is 0 Å². The molecule has 6 fully saturated rings. The molecule has 1 aliphatic carbocycles. The molecule has 0 amide bonds. The number of piperazine rings is 2. The Labute approximate surface area is 321 Å². The van der Waals surface area contributed by atoms with Gasteiger partial charge in [-0.1, -0.05) is 0 Å². The number of halogens is 1. The van der Waals surface area contributed by atoms with E-state index < -0.39 is 0 Å². The van der Waals surface area contributed by atoms with E-state index in [2.05, 4.69) is 83.1 Å². The van der Waals surface area contributed by atoms with Gasteiger partial charge in [-0.25, -0.2) is 3.11 Å². The third-order valence-electron chi connectivity index (χ3n) is 14.0. The van der Waals surface area contributed by atoms with Crippen molar-refractivity contribution in [3.05, 3.63) is 0 Å². The maximum atomic E-state index is 6.73. The molecule has 1 saturated carbocycles. The second kappa shape index (κ2) is 18.8. The molecule has 9 nitrogen and oxygen atoms in total. The van der Waals surface area contributed by atoms with Crippen molar-refractivity contribution < 1.29 is 4.74 Å². The predicted octanol–water partition coefficient (Wildman–Crippen LogP) is 4.90. The Hall–Kier alpha value is 0.370. The molecular formula is C40H77IN8O. The molecule has 0 radical (unpaired) electrons. The summed E-state index contributed by atoms with van der Waals surface area (Å²) in [5, 5.41) is 0. The van der Waals surface area contributed by atoms with Crippen molar-refractivity contribution in [3.8, 4) is 0 Å². The first kappa shape index (κ1) is 40.0. The van der Waals surface area contributed by atoms with Crippen molar-refractivity contribution in [3.63, 3.8) is 0 Å². The zero-order valence-corrected chi connectivity index (χ0v) is 35.0. The monoisotopic (exact) mass is 813 g/mol. The number of likely N-dealkylation sites (tertiary alicyclic amines) is 2. The lowest BCUT2D eigenvalue weighted by Gasteiger charge is -2.48. The first-order valence-corrected chi connectivity index (χ1v) is 22.2. The highest BCUT2D eigenvalue weighted by Crippen LogP contribution is 2.31.